The van der Waals surface area contributed by atoms with Gasteiger partial charge in [-0.1, -0.05) is 0 Å². The number of carbonyl (C=O) groups excluding carboxylic acids is 1. The van der Waals surface area contributed by atoms with Crippen LogP contribution in [0.4, 0.5) is 4.79 Å². The molecule has 0 radical (unpaired) electrons. The van der Waals surface area contributed by atoms with Gasteiger partial charge in [0.1, 0.15) is 0 Å². The van der Waals surface area contributed by atoms with Crippen LogP contribution in [0.3, 0.4) is 0 Å². The summed E-state index contributed by atoms with van der Waals surface area (Å²) in [6, 6.07) is -1.42. The number of carboxylic acid groups (broad SMARTS) is 1. The Kier molecular flexibility index (Phi) is 5.56. The van der Waals surface area contributed by atoms with Gasteiger partial charge in [-0.05, 0) is 33.7 Å². The summed E-state index contributed by atoms with van der Waals surface area (Å²) in [5.41, 5.74) is 0. The number of nitrogens with one attached hydrogen (secondary N) is 2. The van der Waals surface area contributed by atoms with Crippen molar-refractivity contribution in [3.63, 3.8) is 0 Å². The molecule has 2 amide bonds. The van der Waals surface area contributed by atoms with Crippen molar-refractivity contribution in [3.8, 4) is 0 Å². The largest absolute Gasteiger partial charge is 0.480 e. The second kappa shape index (κ2) is 6.72. The van der Waals surface area contributed by atoms with Crippen LogP contribution >= 0.6 is 0 Å². The number of carbonyl (C=O) groups is 2. The van der Waals surface area contributed by atoms with E-state index >= 15 is 0 Å². The molecule has 1 fully saturated rings. The zero-order chi connectivity index (χ0) is 14.6. The molecule has 0 saturated carbocycles. The van der Waals surface area contributed by atoms with E-state index in [4.69, 9.17) is 5.11 Å². The number of nitrogens with zero attached hydrogens (tertiary/aromatic N) is 1. The highest BCUT2D eigenvalue weighted by molar-refractivity contribution is 5.83. The molecule has 7 nitrogen and oxygen atoms in total. The van der Waals surface area contributed by atoms with Crippen molar-refractivity contribution in [1.29, 1.82) is 0 Å². The van der Waals surface area contributed by atoms with Crippen molar-refractivity contribution in [2.24, 2.45) is 0 Å². The zero-order valence-electron chi connectivity index (χ0n) is 11.6. The first-order valence-corrected chi connectivity index (χ1v) is 6.49. The number of urea groups is 1. The molecule has 4 atom stereocenters. The van der Waals surface area contributed by atoms with Gasteiger partial charge in [-0.15, -0.1) is 0 Å². The number of likely N-dealkylation sites (tertiary alicyclic amines) is 1. The Morgan fingerprint density at radius 2 is 2.05 bits per heavy atom. The molecule has 2 unspecified atom stereocenters. The summed E-state index contributed by atoms with van der Waals surface area (Å²) in [7, 11) is 2.04. The first-order chi connectivity index (χ1) is 8.81. The van der Waals surface area contributed by atoms with Crippen molar-refractivity contribution in [2.75, 3.05) is 13.6 Å². The molecule has 0 aliphatic carbocycles. The minimum absolute atomic E-state index is 0.0367. The van der Waals surface area contributed by atoms with Crippen LogP contribution in [0, 0.1) is 0 Å². The van der Waals surface area contributed by atoms with Crippen LogP contribution in [0.15, 0.2) is 0 Å². The summed E-state index contributed by atoms with van der Waals surface area (Å²) >= 11 is 0. The van der Waals surface area contributed by atoms with Gasteiger partial charge in [0.25, 0.3) is 0 Å². The van der Waals surface area contributed by atoms with Crippen LogP contribution in [0.25, 0.3) is 0 Å². The second-order valence-electron chi connectivity index (χ2n) is 5.23. The molecule has 1 aliphatic rings. The number of carboxylic acids is 1. The molecule has 0 bridgehead atoms. The first kappa shape index (κ1) is 15.7. The monoisotopic (exact) mass is 273 g/mol. The van der Waals surface area contributed by atoms with Crippen molar-refractivity contribution in [2.45, 2.75) is 50.9 Å². The molecule has 0 aromatic rings. The third-order valence-electron chi connectivity index (χ3n) is 3.58. The molecule has 0 aromatic carbocycles. The van der Waals surface area contributed by atoms with E-state index < -0.39 is 24.1 Å². The molecule has 4 N–H and O–H groups in total. The van der Waals surface area contributed by atoms with Gasteiger partial charge in [-0.2, -0.15) is 0 Å². The minimum Gasteiger partial charge on any atom is -0.480 e. The molecular formula is C12H23N3O4. The van der Waals surface area contributed by atoms with E-state index in [1.165, 1.54) is 6.92 Å². The third kappa shape index (κ3) is 4.68. The normalized spacial score (nSPS) is 27.4. The number of amides is 2. The molecule has 0 aromatic heterocycles. The molecule has 110 valence electrons. The van der Waals surface area contributed by atoms with Gasteiger partial charge in [0.05, 0.1) is 6.10 Å². The quantitative estimate of drug-likeness (QED) is 0.558. The number of hydrogen-bond donors (Lipinski definition) is 4. The molecule has 7 heteroatoms. The van der Waals surface area contributed by atoms with E-state index in [0.29, 0.717) is 6.04 Å². The maximum Gasteiger partial charge on any atom is 0.328 e. The van der Waals surface area contributed by atoms with Crippen LogP contribution in [0.5, 0.6) is 0 Å². The highest BCUT2D eigenvalue weighted by Gasteiger charge is 2.28. The van der Waals surface area contributed by atoms with Crippen LogP contribution < -0.4 is 10.6 Å². The number of rotatable bonds is 4. The Morgan fingerprint density at radius 1 is 1.42 bits per heavy atom. The maximum atomic E-state index is 11.7. The third-order valence-corrected chi connectivity index (χ3v) is 3.58. The highest BCUT2D eigenvalue weighted by Crippen LogP contribution is 2.15. The summed E-state index contributed by atoms with van der Waals surface area (Å²) in [6.45, 7) is 4.31. The summed E-state index contributed by atoms with van der Waals surface area (Å²) in [6.07, 6.45) is 0.525. The Bertz CT molecular complexity index is 335. The fraction of sp³-hybridized carbons (Fsp3) is 0.833. The Morgan fingerprint density at radius 3 is 2.53 bits per heavy atom. The molecule has 1 rings (SSSR count). The van der Waals surface area contributed by atoms with Crippen LogP contribution in [0.1, 0.15) is 26.7 Å². The Hall–Kier alpha value is -1.34. The fourth-order valence-corrected chi connectivity index (χ4v) is 2.18. The second-order valence-corrected chi connectivity index (χ2v) is 5.23. The first-order valence-electron chi connectivity index (χ1n) is 6.49. The van der Waals surface area contributed by atoms with E-state index in [1.54, 1.807) is 0 Å². The fourth-order valence-electron chi connectivity index (χ4n) is 2.18. The van der Waals surface area contributed by atoms with Crippen LogP contribution in [0.2, 0.25) is 0 Å². The molecule has 1 saturated heterocycles. The predicted octanol–water partition coefficient (Wildman–Crippen LogP) is -0.398. The van der Waals surface area contributed by atoms with Crippen molar-refractivity contribution in [1.82, 2.24) is 15.5 Å². The summed E-state index contributed by atoms with van der Waals surface area (Å²) in [5.74, 6) is -1.25. The number of aliphatic hydroxyl groups is 1. The predicted molar refractivity (Wildman–Crippen MR) is 69.9 cm³/mol. The van der Waals surface area contributed by atoms with Gasteiger partial charge in [-0.25, -0.2) is 9.59 Å². The summed E-state index contributed by atoms with van der Waals surface area (Å²) < 4.78 is 0. The average molecular weight is 273 g/mol. The van der Waals surface area contributed by atoms with Gasteiger partial charge in [0.15, 0.2) is 6.04 Å². The summed E-state index contributed by atoms with van der Waals surface area (Å²) in [5, 5.41) is 23.2. The number of hydrogen-bond acceptors (Lipinski definition) is 4. The number of aliphatic carboxylic acids is 1. The van der Waals surface area contributed by atoms with Crippen molar-refractivity contribution >= 4 is 12.0 Å². The Balaban J connectivity index is 2.44. The maximum absolute atomic E-state index is 11.7. The minimum atomic E-state index is -1.29. The molecule has 1 heterocycles. The lowest BCUT2D eigenvalue weighted by Crippen LogP contribution is -2.55. The summed E-state index contributed by atoms with van der Waals surface area (Å²) in [4.78, 5) is 24.8. The molecule has 1 aliphatic heterocycles. The van der Waals surface area contributed by atoms with Gasteiger partial charge >= 0.3 is 12.0 Å². The number of aliphatic hydroxyl groups excluding tert-OH is 1. The lowest BCUT2D eigenvalue weighted by Gasteiger charge is -2.35. The topological polar surface area (TPSA) is 102 Å². The van der Waals surface area contributed by atoms with Gasteiger partial charge < -0.3 is 25.7 Å². The van der Waals surface area contributed by atoms with Gasteiger partial charge in [0.2, 0.25) is 0 Å². The average Bonchev–Trinajstić information content (AvgIpc) is 2.30. The van der Waals surface area contributed by atoms with Crippen LogP contribution in [-0.2, 0) is 4.79 Å². The van der Waals surface area contributed by atoms with E-state index in [-0.39, 0.29) is 6.04 Å². The Labute approximate surface area is 113 Å². The van der Waals surface area contributed by atoms with E-state index in [9.17, 15) is 14.7 Å². The highest BCUT2D eigenvalue weighted by atomic mass is 16.4. The van der Waals surface area contributed by atoms with Gasteiger partial charge in [0, 0.05) is 18.6 Å². The lowest BCUT2D eigenvalue weighted by atomic mass is 9.99. The van der Waals surface area contributed by atoms with E-state index in [2.05, 4.69) is 22.5 Å². The van der Waals surface area contributed by atoms with Crippen LogP contribution in [-0.4, -0.2) is 64.9 Å². The zero-order valence-corrected chi connectivity index (χ0v) is 11.6. The van der Waals surface area contributed by atoms with E-state index in [1.807, 2.05) is 7.05 Å². The molecule has 0 spiro atoms. The SMILES string of the molecule is CC1CC(NC(=O)N[C@H](C(=O)O)[C@@H](C)O)CCN1C. The standard InChI is InChI=1S/C12H23N3O4/c1-7-6-9(4-5-15(7)3)13-12(19)14-10(8(2)16)11(17)18/h7-10,16H,4-6H2,1-3H3,(H,17,18)(H2,13,14,19)/t7?,8-,9?,10+/m1/s1. The number of piperidine rings is 1. The van der Waals surface area contributed by atoms with Crippen molar-refractivity contribution in [3.05, 3.63) is 0 Å². The lowest BCUT2D eigenvalue weighted by molar-refractivity contribution is -0.141. The molecular weight excluding hydrogens is 250 g/mol. The van der Waals surface area contributed by atoms with Crippen molar-refractivity contribution < 1.29 is 19.8 Å². The smallest absolute Gasteiger partial charge is 0.328 e. The van der Waals surface area contributed by atoms with E-state index in [0.717, 1.165) is 19.4 Å². The van der Waals surface area contributed by atoms with Gasteiger partial charge in [-0.3, -0.25) is 0 Å². The molecule has 19 heavy (non-hydrogen) atoms.